The van der Waals surface area contributed by atoms with Crippen LogP contribution >= 0.6 is 0 Å². The normalized spacial score (nSPS) is 11.1. The zero-order valence-corrected chi connectivity index (χ0v) is 8.62. The van der Waals surface area contributed by atoms with Gasteiger partial charge in [-0.2, -0.15) is 5.10 Å². The molecule has 0 fully saturated rings. The summed E-state index contributed by atoms with van der Waals surface area (Å²) < 4.78 is 1.90. The van der Waals surface area contributed by atoms with Gasteiger partial charge < -0.3 is 5.73 Å². The van der Waals surface area contributed by atoms with Crippen LogP contribution in [0.5, 0.6) is 0 Å². The first kappa shape index (κ1) is 9.21. The fourth-order valence-corrected chi connectivity index (χ4v) is 1.87. The van der Waals surface area contributed by atoms with Gasteiger partial charge in [-0.1, -0.05) is 6.07 Å². The van der Waals surface area contributed by atoms with Crippen LogP contribution in [0.3, 0.4) is 0 Å². The number of hydrogen-bond donors (Lipinski definition) is 1. The molecule has 0 bridgehead atoms. The molecule has 1 aromatic carbocycles. The Morgan fingerprint density at radius 1 is 1.43 bits per heavy atom. The van der Waals surface area contributed by atoms with Crippen molar-refractivity contribution in [3.8, 4) is 0 Å². The highest BCUT2D eigenvalue weighted by Crippen LogP contribution is 2.21. The van der Waals surface area contributed by atoms with Crippen LogP contribution in [0.15, 0.2) is 18.3 Å². The molecule has 0 aliphatic heterocycles. The molecule has 0 saturated heterocycles. The molecule has 2 rings (SSSR count). The fourth-order valence-electron chi connectivity index (χ4n) is 1.87. The number of nitrogens with two attached hydrogens (primary N) is 1. The topological polar surface area (TPSA) is 43.8 Å². The summed E-state index contributed by atoms with van der Waals surface area (Å²) in [5.74, 6) is 0. The minimum Gasteiger partial charge on any atom is -0.330 e. The molecule has 3 nitrogen and oxygen atoms in total. The van der Waals surface area contributed by atoms with E-state index >= 15 is 0 Å². The second-order valence-electron chi connectivity index (χ2n) is 3.60. The van der Waals surface area contributed by atoms with Crippen LogP contribution in [-0.2, 0) is 13.5 Å². The van der Waals surface area contributed by atoms with Gasteiger partial charge in [-0.15, -0.1) is 0 Å². The first-order chi connectivity index (χ1) is 6.74. The molecule has 1 aromatic heterocycles. The van der Waals surface area contributed by atoms with Crippen LogP contribution in [0, 0.1) is 6.92 Å². The fraction of sp³-hybridized carbons (Fsp3) is 0.364. The molecule has 0 aliphatic rings. The lowest BCUT2D eigenvalue weighted by Gasteiger charge is -2.05. The van der Waals surface area contributed by atoms with E-state index in [2.05, 4.69) is 24.2 Å². The number of aryl methyl sites for hydroxylation is 2. The van der Waals surface area contributed by atoms with Gasteiger partial charge in [0.1, 0.15) is 0 Å². The third-order valence-corrected chi connectivity index (χ3v) is 2.67. The Labute approximate surface area is 83.5 Å². The number of hydrogen-bond acceptors (Lipinski definition) is 2. The Bertz CT molecular complexity index is 457. The van der Waals surface area contributed by atoms with Crippen LogP contribution in [0.4, 0.5) is 0 Å². The summed E-state index contributed by atoms with van der Waals surface area (Å²) in [6.45, 7) is 2.81. The summed E-state index contributed by atoms with van der Waals surface area (Å²) in [5.41, 5.74) is 9.41. The lowest BCUT2D eigenvalue weighted by molar-refractivity contribution is 0.797. The maximum absolute atomic E-state index is 5.60. The predicted octanol–water partition coefficient (Wildman–Crippen LogP) is 1.38. The molecule has 0 radical (unpaired) electrons. The van der Waals surface area contributed by atoms with E-state index in [-0.39, 0.29) is 0 Å². The zero-order chi connectivity index (χ0) is 10.1. The highest BCUT2D eigenvalue weighted by atomic mass is 15.2. The summed E-state index contributed by atoms with van der Waals surface area (Å²) in [4.78, 5) is 0. The lowest BCUT2D eigenvalue weighted by atomic mass is 10.0. The monoisotopic (exact) mass is 189 g/mol. The molecule has 3 heteroatoms. The summed E-state index contributed by atoms with van der Waals surface area (Å²) in [5, 5.41) is 5.49. The average Bonchev–Trinajstić information content (AvgIpc) is 2.53. The Kier molecular flexibility index (Phi) is 2.25. The molecule has 0 saturated carbocycles. The third-order valence-electron chi connectivity index (χ3n) is 2.67. The molecule has 0 spiro atoms. The van der Waals surface area contributed by atoms with Crippen LogP contribution in [0.1, 0.15) is 11.1 Å². The Morgan fingerprint density at radius 3 is 2.93 bits per heavy atom. The first-order valence-corrected chi connectivity index (χ1v) is 4.84. The van der Waals surface area contributed by atoms with Crippen LogP contribution in [0.2, 0.25) is 0 Å². The zero-order valence-electron chi connectivity index (χ0n) is 8.62. The van der Waals surface area contributed by atoms with Gasteiger partial charge in [0.25, 0.3) is 0 Å². The smallest absolute Gasteiger partial charge is 0.0682 e. The van der Waals surface area contributed by atoms with Gasteiger partial charge in [0, 0.05) is 12.4 Å². The van der Waals surface area contributed by atoms with E-state index in [1.165, 1.54) is 22.0 Å². The molecule has 1 heterocycles. The molecule has 0 atom stereocenters. The molecule has 0 amide bonds. The molecule has 74 valence electrons. The maximum atomic E-state index is 5.60. The highest BCUT2D eigenvalue weighted by Gasteiger charge is 2.06. The minimum atomic E-state index is 0.689. The van der Waals surface area contributed by atoms with Gasteiger partial charge in [-0.25, -0.2) is 0 Å². The number of nitrogens with zero attached hydrogens (tertiary/aromatic N) is 2. The van der Waals surface area contributed by atoms with Crippen molar-refractivity contribution in [3.63, 3.8) is 0 Å². The van der Waals surface area contributed by atoms with Crippen molar-refractivity contribution in [2.24, 2.45) is 12.8 Å². The van der Waals surface area contributed by atoms with E-state index in [0.29, 0.717) is 6.54 Å². The van der Waals surface area contributed by atoms with E-state index in [1.807, 2.05) is 17.9 Å². The Balaban J connectivity index is 2.70. The van der Waals surface area contributed by atoms with Crippen molar-refractivity contribution in [1.82, 2.24) is 9.78 Å². The van der Waals surface area contributed by atoms with Crippen LogP contribution in [-0.4, -0.2) is 16.3 Å². The maximum Gasteiger partial charge on any atom is 0.0682 e. The van der Waals surface area contributed by atoms with Gasteiger partial charge in [-0.05, 0) is 37.1 Å². The standard InChI is InChI=1S/C11H15N3/c1-8-3-4-11-10(7-13-14(11)2)9(8)5-6-12/h3-4,7H,5-6,12H2,1-2H3. The molecular weight excluding hydrogens is 174 g/mol. The second-order valence-corrected chi connectivity index (χ2v) is 3.60. The largest absolute Gasteiger partial charge is 0.330 e. The molecule has 2 aromatic rings. The van der Waals surface area contributed by atoms with Crippen molar-refractivity contribution in [2.45, 2.75) is 13.3 Å². The van der Waals surface area contributed by atoms with Crippen LogP contribution < -0.4 is 5.73 Å². The van der Waals surface area contributed by atoms with Gasteiger partial charge in [0.05, 0.1) is 11.7 Å². The third kappa shape index (κ3) is 1.30. The van der Waals surface area contributed by atoms with E-state index in [9.17, 15) is 0 Å². The molecule has 2 N–H and O–H groups in total. The number of benzene rings is 1. The average molecular weight is 189 g/mol. The van der Waals surface area contributed by atoms with Gasteiger partial charge in [-0.3, -0.25) is 4.68 Å². The first-order valence-electron chi connectivity index (χ1n) is 4.84. The van der Waals surface area contributed by atoms with Crippen molar-refractivity contribution in [1.29, 1.82) is 0 Å². The number of rotatable bonds is 2. The van der Waals surface area contributed by atoms with Gasteiger partial charge in [0.2, 0.25) is 0 Å². The summed E-state index contributed by atoms with van der Waals surface area (Å²) in [6.07, 6.45) is 2.85. The van der Waals surface area contributed by atoms with E-state index in [0.717, 1.165) is 6.42 Å². The number of fused-ring (bicyclic) bond motifs is 1. The number of aromatic nitrogens is 2. The van der Waals surface area contributed by atoms with Crippen molar-refractivity contribution < 1.29 is 0 Å². The summed E-state index contributed by atoms with van der Waals surface area (Å²) in [6, 6.07) is 4.24. The highest BCUT2D eigenvalue weighted by molar-refractivity contribution is 5.83. The minimum absolute atomic E-state index is 0.689. The van der Waals surface area contributed by atoms with Crippen molar-refractivity contribution in [3.05, 3.63) is 29.5 Å². The second kappa shape index (κ2) is 3.42. The van der Waals surface area contributed by atoms with E-state index in [1.54, 1.807) is 0 Å². The Morgan fingerprint density at radius 2 is 2.21 bits per heavy atom. The molecule has 0 unspecified atom stereocenters. The van der Waals surface area contributed by atoms with E-state index in [4.69, 9.17) is 5.73 Å². The SMILES string of the molecule is Cc1ccc2c(cnn2C)c1CCN. The van der Waals surface area contributed by atoms with E-state index < -0.39 is 0 Å². The molecule has 0 aliphatic carbocycles. The summed E-state index contributed by atoms with van der Waals surface area (Å²) in [7, 11) is 1.96. The molecular formula is C11H15N3. The lowest BCUT2D eigenvalue weighted by Crippen LogP contribution is -2.04. The van der Waals surface area contributed by atoms with Crippen molar-refractivity contribution in [2.75, 3.05) is 6.54 Å². The quantitative estimate of drug-likeness (QED) is 0.775. The van der Waals surface area contributed by atoms with Gasteiger partial charge >= 0.3 is 0 Å². The summed E-state index contributed by atoms with van der Waals surface area (Å²) >= 11 is 0. The van der Waals surface area contributed by atoms with Crippen LogP contribution in [0.25, 0.3) is 10.9 Å². The Hall–Kier alpha value is -1.35. The predicted molar refractivity (Wildman–Crippen MR) is 58.2 cm³/mol. The molecule has 14 heavy (non-hydrogen) atoms. The van der Waals surface area contributed by atoms with Gasteiger partial charge in [0.15, 0.2) is 0 Å². The van der Waals surface area contributed by atoms with Crippen molar-refractivity contribution >= 4 is 10.9 Å².